The maximum Gasteiger partial charge on any atom is 0.253 e. The van der Waals surface area contributed by atoms with Crippen molar-refractivity contribution in [2.24, 2.45) is 0 Å². The minimum absolute atomic E-state index is 0.124. The summed E-state index contributed by atoms with van der Waals surface area (Å²) in [5.74, 6) is 0.124. The molecule has 1 N–H and O–H groups in total. The molecule has 2 aromatic heterocycles. The van der Waals surface area contributed by atoms with Crippen LogP contribution in [-0.4, -0.2) is 63.6 Å². The van der Waals surface area contributed by atoms with Gasteiger partial charge in [0.25, 0.3) is 5.91 Å². The van der Waals surface area contributed by atoms with E-state index >= 15 is 0 Å². The lowest BCUT2D eigenvalue weighted by Gasteiger charge is -2.36. The Morgan fingerprint density at radius 2 is 1.96 bits per heavy atom. The van der Waals surface area contributed by atoms with Crippen LogP contribution in [0.1, 0.15) is 46.6 Å². The summed E-state index contributed by atoms with van der Waals surface area (Å²) in [7, 11) is 2.21. The predicted molar refractivity (Wildman–Crippen MR) is 102 cm³/mol. The Labute approximate surface area is 155 Å². The quantitative estimate of drug-likeness (QED) is 0.865. The van der Waals surface area contributed by atoms with E-state index in [-0.39, 0.29) is 5.91 Å². The average Bonchev–Trinajstić information content (AvgIpc) is 3.00. The van der Waals surface area contributed by atoms with Crippen LogP contribution >= 0.6 is 0 Å². The SMILES string of the molecule is Cc1n[nH]c(C)c1CCCN(C)C1CCN(C(=O)c2ccncc2)CC1. The highest BCUT2D eigenvalue weighted by molar-refractivity contribution is 5.94. The van der Waals surface area contributed by atoms with Crippen molar-refractivity contribution in [3.05, 3.63) is 47.0 Å². The van der Waals surface area contributed by atoms with E-state index in [1.165, 1.54) is 11.3 Å². The van der Waals surface area contributed by atoms with Crippen LogP contribution in [0.25, 0.3) is 0 Å². The monoisotopic (exact) mass is 355 g/mol. The summed E-state index contributed by atoms with van der Waals surface area (Å²) >= 11 is 0. The molecule has 140 valence electrons. The van der Waals surface area contributed by atoms with Gasteiger partial charge >= 0.3 is 0 Å². The predicted octanol–water partition coefficient (Wildman–Crippen LogP) is 2.59. The molecule has 0 aromatic carbocycles. The molecule has 1 aliphatic heterocycles. The number of hydrogen-bond acceptors (Lipinski definition) is 4. The molecule has 6 heteroatoms. The smallest absolute Gasteiger partial charge is 0.253 e. The molecule has 3 heterocycles. The lowest BCUT2D eigenvalue weighted by Crippen LogP contribution is -2.45. The topological polar surface area (TPSA) is 65.1 Å². The molecule has 26 heavy (non-hydrogen) atoms. The van der Waals surface area contributed by atoms with Crippen molar-refractivity contribution in [2.45, 2.75) is 45.6 Å². The first-order chi connectivity index (χ1) is 12.6. The summed E-state index contributed by atoms with van der Waals surface area (Å²) in [6.07, 6.45) is 7.63. The number of carbonyl (C=O) groups excluding carboxylic acids is 1. The second-order valence-corrected chi connectivity index (χ2v) is 7.26. The van der Waals surface area contributed by atoms with E-state index in [1.54, 1.807) is 24.5 Å². The van der Waals surface area contributed by atoms with Gasteiger partial charge in [0, 0.05) is 42.8 Å². The van der Waals surface area contributed by atoms with Crippen molar-refractivity contribution >= 4 is 5.91 Å². The summed E-state index contributed by atoms with van der Waals surface area (Å²) in [6.45, 7) is 6.89. The highest BCUT2D eigenvalue weighted by Crippen LogP contribution is 2.19. The lowest BCUT2D eigenvalue weighted by molar-refractivity contribution is 0.0645. The van der Waals surface area contributed by atoms with Gasteiger partial charge in [0.15, 0.2) is 0 Å². The van der Waals surface area contributed by atoms with E-state index < -0.39 is 0 Å². The fourth-order valence-electron chi connectivity index (χ4n) is 3.82. The average molecular weight is 355 g/mol. The molecule has 1 fully saturated rings. The molecule has 0 unspecified atom stereocenters. The fraction of sp³-hybridized carbons (Fsp3) is 0.550. The molecule has 0 spiro atoms. The molecule has 0 radical (unpaired) electrons. The molecular weight excluding hydrogens is 326 g/mol. The van der Waals surface area contributed by atoms with Gasteiger partial charge in [-0.3, -0.25) is 14.9 Å². The van der Waals surface area contributed by atoms with Gasteiger partial charge < -0.3 is 9.80 Å². The molecule has 1 amide bonds. The van der Waals surface area contributed by atoms with Gasteiger partial charge in [-0.05, 0) is 70.8 Å². The molecule has 0 saturated carbocycles. The highest BCUT2D eigenvalue weighted by Gasteiger charge is 2.25. The molecule has 2 aromatic rings. The van der Waals surface area contributed by atoms with Crippen LogP contribution in [0.3, 0.4) is 0 Å². The van der Waals surface area contributed by atoms with Gasteiger partial charge in [-0.15, -0.1) is 0 Å². The maximum absolute atomic E-state index is 12.5. The number of aryl methyl sites for hydroxylation is 2. The summed E-state index contributed by atoms with van der Waals surface area (Å²) < 4.78 is 0. The van der Waals surface area contributed by atoms with Crippen LogP contribution in [0.15, 0.2) is 24.5 Å². The summed E-state index contributed by atoms with van der Waals surface area (Å²) in [5, 5.41) is 7.34. The van der Waals surface area contributed by atoms with Crippen molar-refractivity contribution in [3.63, 3.8) is 0 Å². The molecule has 6 nitrogen and oxygen atoms in total. The third-order valence-corrected chi connectivity index (χ3v) is 5.52. The van der Waals surface area contributed by atoms with Crippen LogP contribution in [-0.2, 0) is 6.42 Å². The Morgan fingerprint density at radius 3 is 2.58 bits per heavy atom. The van der Waals surface area contributed by atoms with E-state index in [2.05, 4.69) is 41.0 Å². The van der Waals surface area contributed by atoms with Crippen LogP contribution in [0.5, 0.6) is 0 Å². The first kappa shape index (κ1) is 18.6. The van der Waals surface area contributed by atoms with Crippen molar-refractivity contribution in [1.82, 2.24) is 25.0 Å². The second-order valence-electron chi connectivity index (χ2n) is 7.26. The normalized spacial score (nSPS) is 15.6. The number of aromatic amines is 1. The molecule has 3 rings (SSSR count). The number of nitrogens with one attached hydrogen (secondary N) is 1. The largest absolute Gasteiger partial charge is 0.339 e. The number of nitrogens with zero attached hydrogens (tertiary/aromatic N) is 4. The van der Waals surface area contributed by atoms with Gasteiger partial charge in [0.2, 0.25) is 0 Å². The Hall–Kier alpha value is -2.21. The van der Waals surface area contributed by atoms with Gasteiger partial charge in [0.05, 0.1) is 5.69 Å². The van der Waals surface area contributed by atoms with Crippen LogP contribution in [0, 0.1) is 13.8 Å². The fourth-order valence-corrected chi connectivity index (χ4v) is 3.82. The van der Waals surface area contributed by atoms with Crippen LogP contribution in [0.2, 0.25) is 0 Å². The number of pyridine rings is 1. The Bertz CT molecular complexity index is 700. The number of carbonyl (C=O) groups is 1. The minimum atomic E-state index is 0.124. The first-order valence-corrected chi connectivity index (χ1v) is 9.46. The van der Waals surface area contributed by atoms with Gasteiger partial charge in [-0.25, -0.2) is 0 Å². The van der Waals surface area contributed by atoms with E-state index in [9.17, 15) is 4.79 Å². The zero-order valence-electron chi connectivity index (χ0n) is 16.0. The van der Waals surface area contributed by atoms with Gasteiger partial charge in [0.1, 0.15) is 0 Å². The molecule has 0 atom stereocenters. The third kappa shape index (κ3) is 4.30. The van der Waals surface area contributed by atoms with Crippen LogP contribution < -0.4 is 0 Å². The number of H-pyrrole nitrogens is 1. The Morgan fingerprint density at radius 1 is 1.27 bits per heavy atom. The standard InChI is InChI=1S/C20H29N5O/c1-15-19(16(2)23-22-15)5-4-12-24(3)18-8-13-25(14-9-18)20(26)17-6-10-21-11-7-17/h6-7,10-11,18H,4-5,8-9,12-14H2,1-3H3,(H,22,23). The van der Waals surface area contributed by atoms with E-state index in [0.29, 0.717) is 6.04 Å². The maximum atomic E-state index is 12.5. The first-order valence-electron chi connectivity index (χ1n) is 9.46. The summed E-state index contributed by atoms with van der Waals surface area (Å²) in [6, 6.07) is 4.14. The number of amides is 1. The number of piperidine rings is 1. The van der Waals surface area contributed by atoms with E-state index in [0.717, 1.165) is 56.6 Å². The second kappa shape index (κ2) is 8.45. The number of hydrogen-bond donors (Lipinski definition) is 1. The lowest BCUT2D eigenvalue weighted by atomic mass is 10.0. The van der Waals surface area contributed by atoms with E-state index in [4.69, 9.17) is 0 Å². The van der Waals surface area contributed by atoms with Crippen LogP contribution in [0.4, 0.5) is 0 Å². The third-order valence-electron chi connectivity index (χ3n) is 5.52. The summed E-state index contributed by atoms with van der Waals surface area (Å²) in [5.41, 5.74) is 4.40. The van der Waals surface area contributed by atoms with Crippen molar-refractivity contribution in [1.29, 1.82) is 0 Å². The van der Waals surface area contributed by atoms with E-state index in [1.807, 2.05) is 4.90 Å². The molecule has 0 bridgehead atoms. The van der Waals surface area contributed by atoms with Crippen molar-refractivity contribution in [3.8, 4) is 0 Å². The molecule has 1 aliphatic rings. The minimum Gasteiger partial charge on any atom is -0.339 e. The molecular formula is C20H29N5O. The molecule has 0 aliphatic carbocycles. The van der Waals surface area contributed by atoms with Gasteiger partial charge in [-0.1, -0.05) is 0 Å². The zero-order valence-corrected chi connectivity index (χ0v) is 16.0. The zero-order chi connectivity index (χ0) is 18.5. The highest BCUT2D eigenvalue weighted by atomic mass is 16.2. The number of aromatic nitrogens is 3. The Kier molecular flexibility index (Phi) is 6.04. The Balaban J connectivity index is 1.43. The van der Waals surface area contributed by atoms with Crippen molar-refractivity contribution in [2.75, 3.05) is 26.7 Å². The molecule has 1 saturated heterocycles. The van der Waals surface area contributed by atoms with Crippen molar-refractivity contribution < 1.29 is 4.79 Å². The summed E-state index contributed by atoms with van der Waals surface area (Å²) in [4.78, 5) is 20.9. The van der Waals surface area contributed by atoms with Gasteiger partial charge in [-0.2, -0.15) is 5.10 Å². The number of rotatable bonds is 6. The number of likely N-dealkylation sites (tertiary alicyclic amines) is 1.